The van der Waals surface area contributed by atoms with Crippen LogP contribution in [0.25, 0.3) is 5.69 Å². The molecule has 3 rings (SSSR count). The molecule has 2 N–H and O–H groups in total. The van der Waals surface area contributed by atoms with E-state index in [0.717, 1.165) is 0 Å². The molecule has 0 spiro atoms. The van der Waals surface area contributed by atoms with Crippen molar-refractivity contribution < 1.29 is 27.9 Å². The zero-order valence-electron chi connectivity index (χ0n) is 10.8. The van der Waals surface area contributed by atoms with E-state index in [2.05, 4.69) is 10.4 Å². The number of nitrogens with one attached hydrogen (secondary N) is 1. The summed E-state index contributed by atoms with van der Waals surface area (Å²) in [4.78, 5) is 22.6. The minimum Gasteiger partial charge on any atom is -0.478 e. The maximum atomic E-state index is 13.2. The third kappa shape index (κ3) is 2.01. The highest BCUT2D eigenvalue weighted by Gasteiger charge is 2.41. The van der Waals surface area contributed by atoms with Crippen molar-refractivity contribution in [3.8, 4) is 5.69 Å². The van der Waals surface area contributed by atoms with Crippen LogP contribution in [0.15, 0.2) is 24.4 Å². The average molecular weight is 311 g/mol. The van der Waals surface area contributed by atoms with E-state index in [-0.39, 0.29) is 17.8 Å². The van der Waals surface area contributed by atoms with Crippen LogP contribution in [0.1, 0.15) is 32.0 Å². The molecule has 22 heavy (non-hydrogen) atoms. The lowest BCUT2D eigenvalue weighted by molar-refractivity contribution is -0.143. The molecule has 1 amide bonds. The number of benzene rings is 1. The monoisotopic (exact) mass is 311 g/mol. The lowest BCUT2D eigenvalue weighted by Gasteiger charge is -2.13. The number of carbonyl (C=O) groups is 2. The number of hydrogen-bond donors (Lipinski definition) is 2. The topological polar surface area (TPSA) is 84.2 Å². The quantitative estimate of drug-likeness (QED) is 0.886. The van der Waals surface area contributed by atoms with Gasteiger partial charge in [-0.3, -0.25) is 4.79 Å². The van der Waals surface area contributed by atoms with Crippen molar-refractivity contribution in [2.45, 2.75) is 12.7 Å². The van der Waals surface area contributed by atoms with E-state index in [4.69, 9.17) is 5.11 Å². The van der Waals surface area contributed by atoms with E-state index < -0.39 is 29.3 Å². The first kappa shape index (κ1) is 14.1. The fraction of sp³-hybridized carbons (Fsp3) is 0.154. The maximum Gasteiger partial charge on any atom is 0.434 e. The Balaban J connectivity index is 2.27. The highest BCUT2D eigenvalue weighted by molar-refractivity contribution is 5.99. The van der Waals surface area contributed by atoms with Crippen molar-refractivity contribution in [2.24, 2.45) is 0 Å². The molecule has 0 atom stereocenters. The Morgan fingerprint density at radius 2 is 2.09 bits per heavy atom. The Labute approximate surface area is 121 Å². The Morgan fingerprint density at radius 3 is 2.73 bits per heavy atom. The summed E-state index contributed by atoms with van der Waals surface area (Å²) in [6, 6.07) is 4.25. The van der Waals surface area contributed by atoms with Crippen LogP contribution in [-0.4, -0.2) is 26.8 Å². The minimum absolute atomic E-state index is 0.0238. The van der Waals surface area contributed by atoms with Gasteiger partial charge < -0.3 is 10.4 Å². The van der Waals surface area contributed by atoms with Gasteiger partial charge >= 0.3 is 12.1 Å². The van der Waals surface area contributed by atoms with Gasteiger partial charge in [-0.05, 0) is 12.1 Å². The molecule has 0 unspecified atom stereocenters. The van der Waals surface area contributed by atoms with Crippen LogP contribution in [0.5, 0.6) is 0 Å². The van der Waals surface area contributed by atoms with Gasteiger partial charge in [0.1, 0.15) is 5.56 Å². The summed E-state index contributed by atoms with van der Waals surface area (Å²) in [6.45, 7) is 0.0594. The number of rotatable bonds is 2. The van der Waals surface area contributed by atoms with Gasteiger partial charge in [0, 0.05) is 17.7 Å². The molecular weight excluding hydrogens is 303 g/mol. The van der Waals surface area contributed by atoms with Gasteiger partial charge in [0.15, 0.2) is 5.69 Å². The van der Waals surface area contributed by atoms with Gasteiger partial charge in [0.05, 0.1) is 11.9 Å². The zero-order chi connectivity index (χ0) is 16.1. The van der Waals surface area contributed by atoms with Crippen LogP contribution >= 0.6 is 0 Å². The second-order valence-electron chi connectivity index (χ2n) is 4.61. The lowest BCUT2D eigenvalue weighted by atomic mass is 10.1. The third-order valence-electron chi connectivity index (χ3n) is 3.32. The van der Waals surface area contributed by atoms with E-state index in [1.165, 1.54) is 18.2 Å². The normalized spacial score (nSPS) is 13.9. The summed E-state index contributed by atoms with van der Waals surface area (Å²) in [5, 5.41) is 15.0. The number of aromatic nitrogens is 2. The van der Waals surface area contributed by atoms with Crippen molar-refractivity contribution in [2.75, 3.05) is 0 Å². The van der Waals surface area contributed by atoms with Crippen molar-refractivity contribution >= 4 is 11.9 Å². The zero-order valence-corrected chi connectivity index (χ0v) is 10.8. The Bertz CT molecular complexity index is 796. The number of carboxylic acids is 1. The van der Waals surface area contributed by atoms with E-state index in [9.17, 15) is 22.8 Å². The van der Waals surface area contributed by atoms with E-state index in [1.807, 2.05) is 0 Å². The molecule has 1 aromatic carbocycles. The molecule has 1 aromatic heterocycles. The fourth-order valence-electron chi connectivity index (χ4n) is 2.40. The second-order valence-corrected chi connectivity index (χ2v) is 4.61. The molecule has 0 saturated heterocycles. The minimum atomic E-state index is -4.90. The predicted octanol–water partition coefficient (Wildman–Crippen LogP) is 1.83. The van der Waals surface area contributed by atoms with Crippen LogP contribution in [0, 0.1) is 0 Å². The Morgan fingerprint density at radius 1 is 1.36 bits per heavy atom. The molecule has 0 saturated carbocycles. The van der Waals surface area contributed by atoms with Gasteiger partial charge in [-0.1, -0.05) is 6.07 Å². The number of carboxylic acid groups (broad SMARTS) is 1. The molecule has 0 bridgehead atoms. The molecule has 9 heteroatoms. The molecule has 0 fully saturated rings. The first-order valence-electron chi connectivity index (χ1n) is 6.09. The molecule has 0 aliphatic carbocycles. The largest absolute Gasteiger partial charge is 0.478 e. The maximum absolute atomic E-state index is 13.2. The van der Waals surface area contributed by atoms with Crippen LogP contribution < -0.4 is 5.32 Å². The molecular formula is C13H8F3N3O3. The molecule has 6 nitrogen and oxygen atoms in total. The van der Waals surface area contributed by atoms with Crippen LogP contribution in [0.3, 0.4) is 0 Å². The highest BCUT2D eigenvalue weighted by atomic mass is 19.4. The second kappa shape index (κ2) is 4.58. The van der Waals surface area contributed by atoms with Crippen molar-refractivity contribution in [1.29, 1.82) is 0 Å². The highest BCUT2D eigenvalue weighted by Crippen LogP contribution is 2.35. The van der Waals surface area contributed by atoms with E-state index in [0.29, 0.717) is 16.4 Å². The number of alkyl halides is 3. The summed E-state index contributed by atoms with van der Waals surface area (Å²) in [7, 11) is 0. The standard InChI is InChI=1S/C13H8F3N3O3/c14-13(15,16)10-8(12(21)22)5-18-19(10)9-3-1-2-6-7(9)4-17-11(6)20/h1-3,5H,4H2,(H,17,20)(H,21,22). The van der Waals surface area contributed by atoms with Crippen LogP contribution in [0.4, 0.5) is 13.2 Å². The lowest BCUT2D eigenvalue weighted by Crippen LogP contribution is -2.18. The molecule has 114 valence electrons. The number of amides is 1. The molecule has 0 radical (unpaired) electrons. The molecule has 1 aliphatic heterocycles. The van der Waals surface area contributed by atoms with Crippen molar-refractivity contribution in [1.82, 2.24) is 15.1 Å². The average Bonchev–Trinajstić information content (AvgIpc) is 3.02. The Kier molecular flexibility index (Phi) is 2.94. The van der Waals surface area contributed by atoms with Gasteiger partial charge in [0.2, 0.25) is 0 Å². The number of nitrogens with zero attached hydrogens (tertiary/aromatic N) is 2. The number of aromatic carboxylic acids is 1. The van der Waals surface area contributed by atoms with Crippen LogP contribution in [0.2, 0.25) is 0 Å². The number of hydrogen-bond acceptors (Lipinski definition) is 3. The van der Waals surface area contributed by atoms with Crippen molar-refractivity contribution in [3.05, 3.63) is 46.8 Å². The first-order chi connectivity index (χ1) is 10.3. The summed E-state index contributed by atoms with van der Waals surface area (Å²) in [5.41, 5.74) is -1.71. The van der Waals surface area contributed by atoms with Crippen molar-refractivity contribution in [3.63, 3.8) is 0 Å². The summed E-state index contributed by atoms with van der Waals surface area (Å²) >= 11 is 0. The van der Waals surface area contributed by atoms with E-state index >= 15 is 0 Å². The smallest absolute Gasteiger partial charge is 0.434 e. The van der Waals surface area contributed by atoms with Gasteiger partial charge in [-0.2, -0.15) is 18.3 Å². The third-order valence-corrected chi connectivity index (χ3v) is 3.32. The summed E-state index contributed by atoms with van der Waals surface area (Å²) < 4.78 is 40.1. The number of fused-ring (bicyclic) bond motifs is 1. The van der Waals surface area contributed by atoms with Gasteiger partial charge in [-0.15, -0.1) is 0 Å². The number of halogens is 3. The molecule has 2 heterocycles. The van der Waals surface area contributed by atoms with E-state index in [1.54, 1.807) is 0 Å². The molecule has 2 aromatic rings. The molecule has 1 aliphatic rings. The Hall–Kier alpha value is -2.84. The number of carbonyl (C=O) groups excluding carboxylic acids is 1. The fourth-order valence-corrected chi connectivity index (χ4v) is 2.40. The SMILES string of the molecule is O=C1NCc2c1cccc2-n1ncc(C(=O)O)c1C(F)(F)F. The van der Waals surface area contributed by atoms with Gasteiger partial charge in [-0.25, -0.2) is 9.48 Å². The van der Waals surface area contributed by atoms with Gasteiger partial charge in [0.25, 0.3) is 5.91 Å². The summed E-state index contributed by atoms with van der Waals surface area (Å²) in [6.07, 6.45) is -4.25. The first-order valence-corrected chi connectivity index (χ1v) is 6.09. The summed E-state index contributed by atoms with van der Waals surface area (Å²) in [5.74, 6) is -2.11. The van der Waals surface area contributed by atoms with Crippen LogP contribution in [-0.2, 0) is 12.7 Å². The predicted molar refractivity (Wildman–Crippen MR) is 66.7 cm³/mol.